The number of aromatic nitrogens is 5. The largest absolute Gasteiger partial charge is 0.470 e. The summed E-state index contributed by atoms with van der Waals surface area (Å²) >= 11 is 0. The highest BCUT2D eigenvalue weighted by atomic mass is 16.5. The van der Waals surface area contributed by atoms with Crippen LogP contribution in [0.3, 0.4) is 0 Å². The van der Waals surface area contributed by atoms with Gasteiger partial charge in [-0.2, -0.15) is 10.2 Å². The van der Waals surface area contributed by atoms with Gasteiger partial charge in [-0.05, 0) is 25.8 Å². The first-order valence-electron chi connectivity index (χ1n) is 9.90. The maximum absolute atomic E-state index is 12.5. The van der Waals surface area contributed by atoms with E-state index in [0.717, 1.165) is 48.0 Å². The lowest BCUT2D eigenvalue weighted by molar-refractivity contribution is -0.135. The number of fused-ring (bicyclic) bond motifs is 1. The number of amides is 1. The van der Waals surface area contributed by atoms with Crippen LogP contribution in [0.2, 0.25) is 0 Å². The fourth-order valence-electron chi connectivity index (χ4n) is 4.07. The Morgan fingerprint density at radius 1 is 1.31 bits per heavy atom. The van der Waals surface area contributed by atoms with Gasteiger partial charge in [0.25, 0.3) is 0 Å². The maximum atomic E-state index is 12.5. The highest BCUT2D eigenvalue weighted by molar-refractivity contribution is 5.94. The SMILES string of the molecule is CN(C(=O)C1=CCC1)C1CC(C)(Oc2nc(-c3cnn(C)c3)cn3nccc23)C1. The van der Waals surface area contributed by atoms with Gasteiger partial charge in [-0.15, -0.1) is 0 Å². The molecule has 0 atom stereocenters. The first-order chi connectivity index (χ1) is 13.9. The normalized spacial score (nSPS) is 23.3. The van der Waals surface area contributed by atoms with Gasteiger partial charge in [-0.1, -0.05) is 6.08 Å². The molecule has 150 valence electrons. The fourth-order valence-corrected chi connectivity index (χ4v) is 4.07. The van der Waals surface area contributed by atoms with Crippen LogP contribution in [-0.4, -0.2) is 53.9 Å². The number of aryl methyl sites for hydroxylation is 1. The summed E-state index contributed by atoms with van der Waals surface area (Å²) in [6.45, 7) is 2.08. The monoisotopic (exact) mass is 392 g/mol. The zero-order chi connectivity index (χ0) is 20.2. The van der Waals surface area contributed by atoms with Crippen molar-refractivity contribution in [2.45, 2.75) is 44.2 Å². The van der Waals surface area contributed by atoms with Crippen LogP contribution in [-0.2, 0) is 11.8 Å². The van der Waals surface area contributed by atoms with Crippen LogP contribution >= 0.6 is 0 Å². The van der Waals surface area contributed by atoms with Crippen molar-refractivity contribution in [3.05, 3.63) is 42.5 Å². The van der Waals surface area contributed by atoms with Crippen molar-refractivity contribution in [1.82, 2.24) is 29.3 Å². The predicted octanol–water partition coefficient (Wildman–Crippen LogP) is 2.61. The highest BCUT2D eigenvalue weighted by Crippen LogP contribution is 2.40. The van der Waals surface area contributed by atoms with Gasteiger partial charge in [0.15, 0.2) is 0 Å². The van der Waals surface area contributed by atoms with Gasteiger partial charge >= 0.3 is 0 Å². The molecule has 0 unspecified atom stereocenters. The van der Waals surface area contributed by atoms with Crippen LogP contribution in [0.4, 0.5) is 0 Å². The van der Waals surface area contributed by atoms with Crippen LogP contribution < -0.4 is 4.74 Å². The number of hydrogen-bond donors (Lipinski definition) is 0. The Labute approximate surface area is 168 Å². The first-order valence-corrected chi connectivity index (χ1v) is 9.90. The van der Waals surface area contributed by atoms with Crippen LogP contribution in [0, 0.1) is 0 Å². The highest BCUT2D eigenvalue weighted by Gasteiger charge is 2.46. The molecule has 0 radical (unpaired) electrons. The summed E-state index contributed by atoms with van der Waals surface area (Å²) in [4.78, 5) is 19.1. The average molecular weight is 392 g/mol. The van der Waals surface area contributed by atoms with Crippen molar-refractivity contribution < 1.29 is 9.53 Å². The number of carbonyl (C=O) groups excluding carboxylic acids is 1. The van der Waals surface area contributed by atoms with E-state index in [0.29, 0.717) is 5.88 Å². The summed E-state index contributed by atoms with van der Waals surface area (Å²) in [6, 6.07) is 2.09. The van der Waals surface area contributed by atoms with Gasteiger partial charge in [0, 0.05) is 50.3 Å². The van der Waals surface area contributed by atoms with E-state index in [9.17, 15) is 4.79 Å². The lowest BCUT2D eigenvalue weighted by Crippen LogP contribution is -2.57. The molecule has 0 aliphatic heterocycles. The second-order valence-corrected chi connectivity index (χ2v) is 8.29. The molecular weight excluding hydrogens is 368 g/mol. The molecule has 0 spiro atoms. The molecule has 3 aromatic heterocycles. The molecule has 3 heterocycles. The van der Waals surface area contributed by atoms with Crippen LogP contribution in [0.15, 0.2) is 42.5 Å². The third-order valence-corrected chi connectivity index (χ3v) is 5.98. The smallest absolute Gasteiger partial charge is 0.249 e. The molecule has 5 rings (SSSR count). The number of allylic oxidation sites excluding steroid dienone is 1. The Kier molecular flexibility index (Phi) is 3.97. The minimum absolute atomic E-state index is 0.151. The van der Waals surface area contributed by atoms with Crippen molar-refractivity contribution in [2.75, 3.05) is 7.05 Å². The number of carbonyl (C=O) groups is 1. The summed E-state index contributed by atoms with van der Waals surface area (Å²) in [7, 11) is 3.77. The van der Waals surface area contributed by atoms with E-state index in [1.165, 1.54) is 0 Å². The Bertz CT molecular complexity index is 1120. The molecule has 29 heavy (non-hydrogen) atoms. The van der Waals surface area contributed by atoms with E-state index in [1.54, 1.807) is 21.6 Å². The Morgan fingerprint density at radius 2 is 2.10 bits per heavy atom. The average Bonchev–Trinajstić information content (AvgIpc) is 3.26. The van der Waals surface area contributed by atoms with Gasteiger partial charge < -0.3 is 9.64 Å². The standard InChI is InChI=1S/C21H24N6O2/c1-21(9-16(10-21)26(3)20(28)14-5-4-6-14)29-19-18-7-8-22-27(18)13-17(24-19)15-11-23-25(2)12-15/h5,7-8,11-13,16H,4,6,9-10H2,1-3H3. The molecular formula is C21H24N6O2. The third kappa shape index (κ3) is 3.08. The molecule has 2 aliphatic rings. The van der Waals surface area contributed by atoms with Crippen LogP contribution in [0.1, 0.15) is 32.6 Å². The number of ether oxygens (including phenoxy) is 1. The molecule has 8 heteroatoms. The summed E-state index contributed by atoms with van der Waals surface area (Å²) < 4.78 is 9.91. The molecule has 3 aromatic rings. The molecule has 1 amide bonds. The summed E-state index contributed by atoms with van der Waals surface area (Å²) in [5.41, 5.74) is 3.07. The number of hydrogen-bond acceptors (Lipinski definition) is 5. The quantitative estimate of drug-likeness (QED) is 0.667. The third-order valence-electron chi connectivity index (χ3n) is 5.98. The van der Waals surface area contributed by atoms with E-state index < -0.39 is 0 Å². The Balaban J connectivity index is 1.36. The molecule has 0 saturated heterocycles. The number of nitrogens with zero attached hydrogens (tertiary/aromatic N) is 6. The number of rotatable bonds is 5. The molecule has 0 N–H and O–H groups in total. The summed E-state index contributed by atoms with van der Waals surface area (Å²) in [5, 5.41) is 8.59. The summed E-state index contributed by atoms with van der Waals surface area (Å²) in [6.07, 6.45) is 12.8. The van der Waals surface area contributed by atoms with E-state index in [1.807, 2.05) is 43.5 Å². The molecule has 1 fully saturated rings. The Morgan fingerprint density at radius 3 is 2.76 bits per heavy atom. The van der Waals surface area contributed by atoms with Gasteiger partial charge in [0.2, 0.25) is 11.8 Å². The second-order valence-electron chi connectivity index (χ2n) is 8.29. The molecule has 2 aliphatic carbocycles. The second kappa shape index (κ2) is 6.43. The fraction of sp³-hybridized carbons (Fsp3) is 0.429. The number of likely N-dealkylation sites (N-methyl/N-ethyl adjacent to an activating group) is 1. The van der Waals surface area contributed by atoms with Crippen molar-refractivity contribution in [2.24, 2.45) is 7.05 Å². The molecule has 0 bridgehead atoms. The van der Waals surface area contributed by atoms with Gasteiger partial charge in [-0.3, -0.25) is 9.48 Å². The van der Waals surface area contributed by atoms with Gasteiger partial charge in [0.1, 0.15) is 11.1 Å². The summed E-state index contributed by atoms with van der Waals surface area (Å²) in [5.74, 6) is 0.707. The first kappa shape index (κ1) is 17.9. The van der Waals surface area contributed by atoms with E-state index in [4.69, 9.17) is 9.72 Å². The molecule has 1 saturated carbocycles. The zero-order valence-corrected chi connectivity index (χ0v) is 16.9. The van der Waals surface area contributed by atoms with Crippen LogP contribution in [0.5, 0.6) is 5.88 Å². The van der Waals surface area contributed by atoms with E-state index in [-0.39, 0.29) is 17.6 Å². The minimum atomic E-state index is -0.363. The lowest BCUT2D eigenvalue weighted by atomic mass is 9.75. The van der Waals surface area contributed by atoms with Crippen molar-refractivity contribution in [3.8, 4) is 17.1 Å². The van der Waals surface area contributed by atoms with Crippen molar-refractivity contribution >= 4 is 11.4 Å². The zero-order valence-electron chi connectivity index (χ0n) is 16.9. The maximum Gasteiger partial charge on any atom is 0.249 e. The van der Waals surface area contributed by atoms with E-state index >= 15 is 0 Å². The van der Waals surface area contributed by atoms with Gasteiger partial charge in [-0.25, -0.2) is 9.50 Å². The predicted molar refractivity (Wildman–Crippen MR) is 107 cm³/mol. The lowest BCUT2D eigenvalue weighted by Gasteiger charge is -2.48. The van der Waals surface area contributed by atoms with E-state index in [2.05, 4.69) is 17.1 Å². The van der Waals surface area contributed by atoms with Crippen molar-refractivity contribution in [3.63, 3.8) is 0 Å². The van der Waals surface area contributed by atoms with Crippen LogP contribution in [0.25, 0.3) is 16.8 Å². The topological polar surface area (TPSA) is 77.6 Å². The minimum Gasteiger partial charge on any atom is -0.470 e. The molecule has 0 aromatic carbocycles. The Hall–Kier alpha value is -3.16. The molecule has 8 nitrogen and oxygen atoms in total. The van der Waals surface area contributed by atoms with Gasteiger partial charge in [0.05, 0.1) is 24.3 Å². The van der Waals surface area contributed by atoms with Crippen molar-refractivity contribution in [1.29, 1.82) is 0 Å².